The van der Waals surface area contributed by atoms with Crippen LogP contribution in [-0.2, 0) is 0 Å². The van der Waals surface area contributed by atoms with Crippen LogP contribution in [0.25, 0.3) is 0 Å². The number of hydrogen-bond donors (Lipinski definition) is 0. The first kappa shape index (κ1) is 14.4. The number of piperazine rings is 1. The van der Waals surface area contributed by atoms with Gasteiger partial charge >= 0.3 is 0 Å². The molecule has 3 rings (SSSR count). The second kappa shape index (κ2) is 6.03. The largest absolute Gasteiger partial charge is 0.340 e. The average molecular weight is 307 g/mol. The second-order valence-corrected chi connectivity index (χ2v) is 5.88. The van der Waals surface area contributed by atoms with Crippen molar-refractivity contribution < 1.29 is 4.79 Å². The molecule has 0 aliphatic carbocycles. The van der Waals surface area contributed by atoms with Crippen LogP contribution in [0, 0.1) is 0 Å². The summed E-state index contributed by atoms with van der Waals surface area (Å²) in [7, 11) is 2.11. The number of benzene rings is 1. The molecule has 0 bridgehead atoms. The van der Waals surface area contributed by atoms with Crippen LogP contribution in [0.1, 0.15) is 10.4 Å². The van der Waals surface area contributed by atoms with Gasteiger partial charge in [0.05, 0.1) is 6.54 Å². The molecule has 21 heavy (non-hydrogen) atoms. The fourth-order valence-corrected chi connectivity index (χ4v) is 2.87. The van der Waals surface area contributed by atoms with E-state index in [9.17, 15) is 4.79 Å². The van der Waals surface area contributed by atoms with Crippen molar-refractivity contribution in [3.05, 3.63) is 34.9 Å². The summed E-state index contributed by atoms with van der Waals surface area (Å²) in [6, 6.07) is 7.09. The quantitative estimate of drug-likeness (QED) is 0.787. The van der Waals surface area contributed by atoms with Gasteiger partial charge in [-0.15, -0.1) is 0 Å². The third-order valence-electron chi connectivity index (χ3n) is 3.92. The van der Waals surface area contributed by atoms with E-state index < -0.39 is 0 Å². The topological polar surface area (TPSA) is 39.1 Å². The van der Waals surface area contributed by atoms with Crippen LogP contribution < -0.4 is 0 Å². The van der Waals surface area contributed by atoms with E-state index in [0.717, 1.165) is 32.1 Å². The van der Waals surface area contributed by atoms with E-state index in [1.807, 2.05) is 0 Å². The Balaban J connectivity index is 1.76. The van der Waals surface area contributed by atoms with Crippen molar-refractivity contribution >= 4 is 23.5 Å². The molecule has 2 aliphatic heterocycles. The monoisotopic (exact) mass is 306 g/mol. The number of guanidine groups is 1. The van der Waals surface area contributed by atoms with Crippen LogP contribution in [0.2, 0.25) is 5.02 Å². The number of halogens is 1. The van der Waals surface area contributed by atoms with Crippen molar-refractivity contribution in [2.75, 3.05) is 46.3 Å². The van der Waals surface area contributed by atoms with Gasteiger partial charge in [0.2, 0.25) is 5.96 Å². The molecule has 0 aromatic heterocycles. The summed E-state index contributed by atoms with van der Waals surface area (Å²) in [5.74, 6) is 0.792. The van der Waals surface area contributed by atoms with E-state index in [2.05, 4.69) is 21.8 Å². The van der Waals surface area contributed by atoms with Crippen molar-refractivity contribution in [3.8, 4) is 0 Å². The molecule has 2 aliphatic rings. The molecule has 2 heterocycles. The molecule has 0 N–H and O–H groups in total. The Morgan fingerprint density at radius 1 is 1.19 bits per heavy atom. The van der Waals surface area contributed by atoms with E-state index >= 15 is 0 Å². The summed E-state index contributed by atoms with van der Waals surface area (Å²) >= 11 is 5.98. The van der Waals surface area contributed by atoms with Crippen molar-refractivity contribution in [2.45, 2.75) is 0 Å². The third kappa shape index (κ3) is 3.04. The van der Waals surface area contributed by atoms with E-state index in [1.54, 1.807) is 29.2 Å². The lowest BCUT2D eigenvalue weighted by Crippen LogP contribution is -2.52. The number of amides is 1. The smallest absolute Gasteiger partial charge is 0.260 e. The Bertz CT molecular complexity index is 567. The van der Waals surface area contributed by atoms with Gasteiger partial charge in [0, 0.05) is 43.3 Å². The molecule has 1 amide bonds. The molecule has 0 unspecified atom stereocenters. The fraction of sp³-hybridized carbons (Fsp3) is 0.467. The molecule has 1 fully saturated rings. The fourth-order valence-electron chi connectivity index (χ4n) is 2.68. The number of nitrogens with zero attached hydrogens (tertiary/aromatic N) is 4. The normalized spacial score (nSPS) is 19.8. The van der Waals surface area contributed by atoms with Crippen LogP contribution in [0.4, 0.5) is 0 Å². The minimum Gasteiger partial charge on any atom is -0.340 e. The molecule has 0 spiro atoms. The Kier molecular flexibility index (Phi) is 4.12. The maximum absolute atomic E-state index is 12.7. The van der Waals surface area contributed by atoms with Gasteiger partial charge in [-0.3, -0.25) is 14.7 Å². The van der Waals surface area contributed by atoms with Crippen LogP contribution in [0.15, 0.2) is 29.3 Å². The molecule has 6 heteroatoms. The predicted octanol–water partition coefficient (Wildman–Crippen LogP) is 1.40. The Morgan fingerprint density at radius 3 is 2.67 bits per heavy atom. The summed E-state index contributed by atoms with van der Waals surface area (Å²) in [5.41, 5.74) is 0.617. The third-order valence-corrected chi connectivity index (χ3v) is 4.16. The van der Waals surface area contributed by atoms with E-state index in [-0.39, 0.29) is 5.91 Å². The highest BCUT2D eigenvalue weighted by atomic mass is 35.5. The average Bonchev–Trinajstić information content (AvgIpc) is 2.96. The van der Waals surface area contributed by atoms with Gasteiger partial charge in [-0.2, -0.15) is 0 Å². The summed E-state index contributed by atoms with van der Waals surface area (Å²) in [6.07, 6.45) is 0. The van der Waals surface area contributed by atoms with Gasteiger partial charge < -0.3 is 9.80 Å². The molecule has 0 saturated carbocycles. The van der Waals surface area contributed by atoms with Crippen LogP contribution in [-0.4, -0.2) is 72.9 Å². The number of likely N-dealkylation sites (N-methyl/N-ethyl adjacent to an activating group) is 1. The molecule has 1 saturated heterocycles. The summed E-state index contributed by atoms with van der Waals surface area (Å²) in [5, 5.41) is 0.582. The molecule has 112 valence electrons. The number of carbonyl (C=O) groups excluding carboxylic acids is 1. The van der Waals surface area contributed by atoms with Crippen molar-refractivity contribution in [1.82, 2.24) is 14.7 Å². The van der Waals surface area contributed by atoms with Gasteiger partial charge in [-0.25, -0.2) is 0 Å². The van der Waals surface area contributed by atoms with Gasteiger partial charge in [0.25, 0.3) is 5.91 Å². The number of carbonyl (C=O) groups is 1. The SMILES string of the molecule is CN1CCN(C2=NCCN2C(=O)c2cccc(Cl)c2)CC1. The van der Waals surface area contributed by atoms with Gasteiger partial charge in [0.1, 0.15) is 0 Å². The lowest BCUT2D eigenvalue weighted by molar-refractivity contribution is 0.0836. The number of rotatable bonds is 1. The maximum atomic E-state index is 12.7. The molecule has 5 nitrogen and oxygen atoms in total. The van der Waals surface area contributed by atoms with Crippen LogP contribution in [0.3, 0.4) is 0 Å². The van der Waals surface area contributed by atoms with E-state index in [1.165, 1.54) is 0 Å². The molecule has 0 atom stereocenters. The van der Waals surface area contributed by atoms with Crippen LogP contribution in [0.5, 0.6) is 0 Å². The Morgan fingerprint density at radius 2 is 1.95 bits per heavy atom. The zero-order valence-corrected chi connectivity index (χ0v) is 12.9. The summed E-state index contributed by atoms with van der Waals surface area (Å²) in [6.45, 7) is 5.14. The van der Waals surface area contributed by atoms with Crippen molar-refractivity contribution in [1.29, 1.82) is 0 Å². The predicted molar refractivity (Wildman–Crippen MR) is 83.9 cm³/mol. The molecule has 0 radical (unpaired) electrons. The molecular formula is C15H19ClN4O. The number of hydrogen-bond acceptors (Lipinski definition) is 4. The minimum absolute atomic E-state index is 0.0207. The highest BCUT2D eigenvalue weighted by molar-refractivity contribution is 6.31. The van der Waals surface area contributed by atoms with Gasteiger partial charge in [0.15, 0.2) is 0 Å². The molecule has 1 aromatic carbocycles. The summed E-state index contributed by atoms with van der Waals surface area (Å²) in [4.78, 5) is 23.5. The van der Waals surface area contributed by atoms with Gasteiger partial charge in [-0.1, -0.05) is 17.7 Å². The van der Waals surface area contributed by atoms with E-state index in [4.69, 9.17) is 11.6 Å². The Labute approximate surface area is 129 Å². The standard InChI is InChI=1S/C15H19ClN4O/c1-18-7-9-19(10-8-18)15-17-5-6-20(15)14(21)12-3-2-4-13(16)11-12/h2-4,11H,5-10H2,1H3. The summed E-state index contributed by atoms with van der Waals surface area (Å²) < 4.78 is 0. The second-order valence-electron chi connectivity index (χ2n) is 5.44. The van der Waals surface area contributed by atoms with Crippen LogP contribution >= 0.6 is 11.6 Å². The first-order valence-electron chi connectivity index (χ1n) is 7.20. The number of aliphatic imine (C=N–C) groups is 1. The molecular weight excluding hydrogens is 288 g/mol. The van der Waals surface area contributed by atoms with Crippen molar-refractivity contribution in [2.24, 2.45) is 4.99 Å². The van der Waals surface area contributed by atoms with Crippen molar-refractivity contribution in [3.63, 3.8) is 0 Å². The Hall–Kier alpha value is -1.59. The highest BCUT2D eigenvalue weighted by Gasteiger charge is 2.30. The zero-order chi connectivity index (χ0) is 14.8. The lowest BCUT2D eigenvalue weighted by Gasteiger charge is -2.36. The lowest BCUT2D eigenvalue weighted by atomic mass is 10.2. The zero-order valence-electron chi connectivity index (χ0n) is 12.1. The first-order valence-corrected chi connectivity index (χ1v) is 7.58. The van der Waals surface area contributed by atoms with Gasteiger partial charge in [-0.05, 0) is 25.2 Å². The molecule has 1 aromatic rings. The highest BCUT2D eigenvalue weighted by Crippen LogP contribution is 2.16. The maximum Gasteiger partial charge on any atom is 0.260 e. The first-order chi connectivity index (χ1) is 10.1. The van der Waals surface area contributed by atoms with E-state index in [0.29, 0.717) is 23.7 Å². The minimum atomic E-state index is -0.0207.